The minimum Gasteiger partial charge on any atom is -0.497 e. The molecule has 1 saturated heterocycles. The standard InChI is InChI=1S/C22H25N3O3/c1-13(2)15-5-7-16(8-6-15)20-19(14(3)23-22(27)25-20)21(26)24-17-9-11-18(28-4)12-10-17/h5-13,19-20H,3H2,1-2,4H3,(H,24,26)(H2,23,25,27)/t19-,20+/m1/s1. The number of anilines is 1. The maximum absolute atomic E-state index is 13.0. The first-order chi connectivity index (χ1) is 13.4. The van der Waals surface area contributed by atoms with E-state index in [0.29, 0.717) is 23.1 Å². The quantitative estimate of drug-likeness (QED) is 0.736. The molecule has 6 nitrogen and oxygen atoms in total. The van der Waals surface area contributed by atoms with E-state index in [1.54, 1.807) is 31.4 Å². The van der Waals surface area contributed by atoms with Gasteiger partial charge in [-0.3, -0.25) is 4.79 Å². The Kier molecular flexibility index (Phi) is 5.68. The molecule has 1 aliphatic heterocycles. The van der Waals surface area contributed by atoms with Gasteiger partial charge in [0.2, 0.25) is 5.91 Å². The summed E-state index contributed by atoms with van der Waals surface area (Å²) < 4.78 is 5.14. The first-order valence-electron chi connectivity index (χ1n) is 9.20. The van der Waals surface area contributed by atoms with Gasteiger partial charge in [0.05, 0.1) is 13.2 Å². The lowest BCUT2D eigenvalue weighted by atomic mass is 9.87. The van der Waals surface area contributed by atoms with Crippen LogP contribution in [0.15, 0.2) is 60.8 Å². The van der Waals surface area contributed by atoms with Crippen molar-refractivity contribution in [2.24, 2.45) is 5.92 Å². The minimum atomic E-state index is -0.648. The second-order valence-corrected chi connectivity index (χ2v) is 7.12. The molecule has 0 saturated carbocycles. The Balaban J connectivity index is 1.84. The van der Waals surface area contributed by atoms with Crippen molar-refractivity contribution >= 4 is 17.6 Å². The van der Waals surface area contributed by atoms with Crippen LogP contribution in [0, 0.1) is 5.92 Å². The lowest BCUT2D eigenvalue weighted by Crippen LogP contribution is -2.51. The summed E-state index contributed by atoms with van der Waals surface area (Å²) in [7, 11) is 1.59. The molecule has 0 radical (unpaired) electrons. The minimum absolute atomic E-state index is 0.249. The molecule has 2 atom stereocenters. The molecular formula is C22H25N3O3. The van der Waals surface area contributed by atoms with Crippen molar-refractivity contribution < 1.29 is 14.3 Å². The average Bonchev–Trinajstić information content (AvgIpc) is 2.68. The Morgan fingerprint density at radius 1 is 1.11 bits per heavy atom. The van der Waals surface area contributed by atoms with Gasteiger partial charge >= 0.3 is 6.03 Å². The molecule has 1 aliphatic rings. The van der Waals surface area contributed by atoms with E-state index in [1.807, 2.05) is 24.3 Å². The third-order valence-corrected chi connectivity index (χ3v) is 4.87. The molecule has 0 aromatic heterocycles. The van der Waals surface area contributed by atoms with Crippen LogP contribution < -0.4 is 20.7 Å². The number of carbonyl (C=O) groups excluding carboxylic acids is 2. The van der Waals surface area contributed by atoms with Gasteiger partial charge in [0, 0.05) is 11.4 Å². The fourth-order valence-corrected chi connectivity index (χ4v) is 3.25. The van der Waals surface area contributed by atoms with Crippen molar-refractivity contribution in [3.05, 3.63) is 71.9 Å². The molecule has 146 valence electrons. The smallest absolute Gasteiger partial charge is 0.319 e. The van der Waals surface area contributed by atoms with Crippen molar-refractivity contribution in [1.29, 1.82) is 0 Å². The normalized spacial score (nSPS) is 19.0. The van der Waals surface area contributed by atoms with E-state index in [1.165, 1.54) is 5.56 Å². The number of hydrogen-bond donors (Lipinski definition) is 3. The summed E-state index contributed by atoms with van der Waals surface area (Å²) in [5.74, 6) is 0.211. The van der Waals surface area contributed by atoms with Gasteiger partial charge in [0.15, 0.2) is 0 Å². The van der Waals surface area contributed by atoms with Crippen molar-refractivity contribution in [1.82, 2.24) is 10.6 Å². The van der Waals surface area contributed by atoms with E-state index in [4.69, 9.17) is 4.74 Å². The van der Waals surface area contributed by atoms with E-state index < -0.39 is 12.0 Å². The first kappa shape index (κ1) is 19.5. The lowest BCUT2D eigenvalue weighted by Gasteiger charge is -2.34. The summed E-state index contributed by atoms with van der Waals surface area (Å²) in [5, 5.41) is 8.36. The molecule has 1 heterocycles. The Bertz CT molecular complexity index is 873. The number of hydrogen-bond acceptors (Lipinski definition) is 3. The molecule has 0 bridgehead atoms. The van der Waals surface area contributed by atoms with Crippen molar-refractivity contribution in [2.75, 3.05) is 12.4 Å². The van der Waals surface area contributed by atoms with E-state index in [9.17, 15) is 9.59 Å². The van der Waals surface area contributed by atoms with Gasteiger partial charge in [-0.05, 0) is 41.3 Å². The number of rotatable bonds is 5. The van der Waals surface area contributed by atoms with Crippen molar-refractivity contribution in [3.8, 4) is 5.75 Å². The zero-order valence-corrected chi connectivity index (χ0v) is 16.3. The summed E-state index contributed by atoms with van der Waals surface area (Å²) in [4.78, 5) is 25.0. The van der Waals surface area contributed by atoms with Gasteiger partial charge in [-0.2, -0.15) is 0 Å². The van der Waals surface area contributed by atoms with Crippen LogP contribution in [-0.4, -0.2) is 19.0 Å². The summed E-state index contributed by atoms with van der Waals surface area (Å²) >= 11 is 0. The monoisotopic (exact) mass is 379 g/mol. The maximum Gasteiger partial charge on any atom is 0.319 e. The highest BCUT2D eigenvalue weighted by Gasteiger charge is 2.37. The molecule has 3 N–H and O–H groups in total. The Labute approximate surface area is 165 Å². The zero-order chi connectivity index (χ0) is 20.3. The summed E-state index contributed by atoms with van der Waals surface area (Å²) in [6, 6.07) is 14.2. The topological polar surface area (TPSA) is 79.5 Å². The molecule has 0 aliphatic carbocycles. The molecule has 28 heavy (non-hydrogen) atoms. The molecule has 0 spiro atoms. The predicted octanol–water partition coefficient (Wildman–Crippen LogP) is 3.94. The van der Waals surface area contributed by atoms with Crippen LogP contribution in [0.4, 0.5) is 10.5 Å². The zero-order valence-electron chi connectivity index (χ0n) is 16.3. The van der Waals surface area contributed by atoms with E-state index >= 15 is 0 Å². The largest absolute Gasteiger partial charge is 0.497 e. The molecule has 6 heteroatoms. The number of benzene rings is 2. The van der Waals surface area contributed by atoms with E-state index in [2.05, 4.69) is 36.4 Å². The van der Waals surface area contributed by atoms with Gasteiger partial charge in [0.25, 0.3) is 0 Å². The summed E-state index contributed by atoms with van der Waals surface area (Å²) in [5.41, 5.74) is 3.06. The number of carbonyl (C=O) groups is 2. The van der Waals surface area contributed by atoms with Gasteiger partial charge in [0.1, 0.15) is 11.7 Å². The van der Waals surface area contributed by atoms with Gasteiger partial charge in [-0.1, -0.05) is 44.7 Å². The van der Waals surface area contributed by atoms with Crippen LogP contribution in [0.2, 0.25) is 0 Å². The third kappa shape index (κ3) is 4.17. The molecule has 1 fully saturated rings. The number of nitrogens with one attached hydrogen (secondary N) is 3. The highest BCUT2D eigenvalue weighted by atomic mass is 16.5. The second kappa shape index (κ2) is 8.17. The van der Waals surface area contributed by atoms with Crippen LogP contribution >= 0.6 is 0 Å². The predicted molar refractivity (Wildman–Crippen MR) is 109 cm³/mol. The number of urea groups is 1. The number of methoxy groups -OCH3 is 1. The van der Waals surface area contributed by atoms with E-state index in [0.717, 1.165) is 5.56 Å². The highest BCUT2D eigenvalue weighted by Crippen LogP contribution is 2.31. The summed E-state index contributed by atoms with van der Waals surface area (Å²) in [6.45, 7) is 8.14. The highest BCUT2D eigenvalue weighted by molar-refractivity contribution is 5.97. The third-order valence-electron chi connectivity index (χ3n) is 4.87. The average molecular weight is 379 g/mol. The first-order valence-corrected chi connectivity index (χ1v) is 9.20. The van der Waals surface area contributed by atoms with Gasteiger partial charge in [-0.25, -0.2) is 4.79 Å². The maximum atomic E-state index is 13.0. The van der Waals surface area contributed by atoms with Crippen LogP contribution in [0.3, 0.4) is 0 Å². The fraction of sp³-hybridized carbons (Fsp3) is 0.273. The Morgan fingerprint density at radius 2 is 1.75 bits per heavy atom. The van der Waals surface area contributed by atoms with Gasteiger partial charge < -0.3 is 20.7 Å². The molecule has 0 unspecified atom stereocenters. The molecule has 3 amide bonds. The van der Waals surface area contributed by atoms with Crippen LogP contribution in [0.25, 0.3) is 0 Å². The molecular weight excluding hydrogens is 354 g/mol. The molecule has 2 aromatic carbocycles. The Morgan fingerprint density at radius 3 is 2.32 bits per heavy atom. The molecule has 3 rings (SSSR count). The summed E-state index contributed by atoms with van der Waals surface area (Å²) in [6.07, 6.45) is 0. The molecule has 2 aromatic rings. The van der Waals surface area contributed by atoms with Gasteiger partial charge in [-0.15, -0.1) is 0 Å². The van der Waals surface area contributed by atoms with Crippen LogP contribution in [0.5, 0.6) is 5.75 Å². The number of ether oxygens (including phenoxy) is 1. The second-order valence-electron chi connectivity index (χ2n) is 7.12. The fourth-order valence-electron chi connectivity index (χ4n) is 3.25. The lowest BCUT2D eigenvalue weighted by molar-refractivity contribution is -0.119. The van der Waals surface area contributed by atoms with Crippen molar-refractivity contribution in [3.63, 3.8) is 0 Å². The Hall–Kier alpha value is -3.28. The van der Waals surface area contributed by atoms with Crippen LogP contribution in [0.1, 0.15) is 36.9 Å². The SMILES string of the molecule is C=C1NC(=O)N[C@@H](c2ccc(C(C)C)cc2)[C@@H]1C(=O)Nc1ccc(OC)cc1. The number of amides is 3. The van der Waals surface area contributed by atoms with Crippen molar-refractivity contribution in [2.45, 2.75) is 25.8 Å². The van der Waals surface area contributed by atoms with E-state index in [-0.39, 0.29) is 11.9 Å². The van der Waals surface area contributed by atoms with Crippen LogP contribution in [-0.2, 0) is 4.79 Å².